The van der Waals surface area contributed by atoms with E-state index in [1.54, 1.807) is 43.3 Å². The molecule has 0 saturated carbocycles. The molecule has 152 valence electrons. The summed E-state index contributed by atoms with van der Waals surface area (Å²) in [5, 5.41) is 3.29. The van der Waals surface area contributed by atoms with Crippen LogP contribution in [0.2, 0.25) is 0 Å². The van der Waals surface area contributed by atoms with Crippen molar-refractivity contribution < 1.29 is 9.21 Å². The minimum atomic E-state index is -0.312. The van der Waals surface area contributed by atoms with Crippen LogP contribution in [0.25, 0.3) is 27.7 Å². The van der Waals surface area contributed by atoms with Crippen molar-refractivity contribution in [2.75, 3.05) is 5.32 Å². The highest BCUT2D eigenvalue weighted by atomic mass is 32.1. The van der Waals surface area contributed by atoms with Gasteiger partial charge in [-0.05, 0) is 60.7 Å². The number of aromatic nitrogens is 3. The van der Waals surface area contributed by atoms with Gasteiger partial charge in [-0.3, -0.25) is 14.2 Å². The van der Waals surface area contributed by atoms with E-state index in [1.165, 1.54) is 4.57 Å². The number of hydrogen-bond donors (Lipinski definition) is 2. The van der Waals surface area contributed by atoms with Gasteiger partial charge in [0.25, 0.3) is 11.5 Å². The first-order valence-electron chi connectivity index (χ1n) is 9.53. The fourth-order valence-corrected chi connectivity index (χ4v) is 3.79. The molecular weight excluding hydrogens is 412 g/mol. The highest BCUT2D eigenvalue weighted by molar-refractivity contribution is 7.71. The standard InChI is InChI=1S/C23H16N4O3S/c1-13-24-19-12-15(8-10-20(19)30-13)25-21(28)14-7-9-17-18(11-14)26-23(31)27(22(17)29)16-5-3-2-4-6-16/h2-12H,1H3,(H,25,28)(H,26,31). The summed E-state index contributed by atoms with van der Waals surface area (Å²) in [4.78, 5) is 33.1. The van der Waals surface area contributed by atoms with E-state index in [1.807, 2.05) is 30.3 Å². The highest BCUT2D eigenvalue weighted by Gasteiger charge is 2.12. The van der Waals surface area contributed by atoms with Crippen LogP contribution in [0, 0.1) is 11.7 Å². The molecule has 0 aliphatic heterocycles. The van der Waals surface area contributed by atoms with E-state index in [2.05, 4.69) is 15.3 Å². The molecule has 8 heteroatoms. The van der Waals surface area contributed by atoms with E-state index in [9.17, 15) is 9.59 Å². The van der Waals surface area contributed by atoms with Crippen LogP contribution in [0.4, 0.5) is 5.69 Å². The molecule has 2 aromatic heterocycles. The number of carbonyl (C=O) groups excluding carboxylic acids is 1. The molecule has 31 heavy (non-hydrogen) atoms. The maximum atomic E-state index is 13.0. The summed E-state index contributed by atoms with van der Waals surface area (Å²) >= 11 is 5.40. The largest absolute Gasteiger partial charge is 0.441 e. The molecule has 5 rings (SSSR count). The molecule has 0 radical (unpaired) electrons. The molecular formula is C23H16N4O3S. The molecule has 1 amide bonds. The number of fused-ring (bicyclic) bond motifs is 2. The summed E-state index contributed by atoms with van der Waals surface area (Å²) in [6.07, 6.45) is 0. The molecule has 2 heterocycles. The molecule has 0 fully saturated rings. The first-order valence-corrected chi connectivity index (χ1v) is 9.93. The molecule has 7 nitrogen and oxygen atoms in total. The van der Waals surface area contributed by atoms with Crippen molar-refractivity contribution in [1.29, 1.82) is 0 Å². The number of benzene rings is 3. The molecule has 0 spiro atoms. The van der Waals surface area contributed by atoms with Gasteiger partial charge < -0.3 is 14.7 Å². The number of nitrogens with one attached hydrogen (secondary N) is 2. The van der Waals surface area contributed by atoms with Crippen molar-refractivity contribution in [3.8, 4) is 5.69 Å². The Balaban J connectivity index is 1.51. The first-order chi connectivity index (χ1) is 15.0. The van der Waals surface area contributed by atoms with Crippen LogP contribution in [0.5, 0.6) is 0 Å². The molecule has 5 aromatic rings. The molecule has 0 aliphatic rings. The fraction of sp³-hybridized carbons (Fsp3) is 0.0435. The highest BCUT2D eigenvalue weighted by Crippen LogP contribution is 2.21. The zero-order valence-corrected chi connectivity index (χ0v) is 17.2. The number of rotatable bonds is 3. The number of nitrogens with zero attached hydrogens (tertiary/aromatic N) is 2. The number of aromatic amines is 1. The Morgan fingerprint density at radius 2 is 1.90 bits per heavy atom. The minimum Gasteiger partial charge on any atom is -0.441 e. The normalized spacial score (nSPS) is 11.1. The number of anilines is 1. The SMILES string of the molecule is Cc1nc2cc(NC(=O)c3ccc4c(=O)n(-c5ccccc5)c(=S)[nH]c4c3)ccc2o1. The Hall–Kier alpha value is -4.04. The predicted octanol–water partition coefficient (Wildman–Crippen LogP) is 4.75. The van der Waals surface area contributed by atoms with Gasteiger partial charge in [0.05, 0.1) is 16.6 Å². The van der Waals surface area contributed by atoms with E-state index < -0.39 is 0 Å². The van der Waals surface area contributed by atoms with Crippen molar-refractivity contribution in [2.45, 2.75) is 6.92 Å². The number of hydrogen-bond acceptors (Lipinski definition) is 5. The Bertz CT molecular complexity index is 1580. The first kappa shape index (κ1) is 19.0. The second-order valence-corrected chi connectivity index (χ2v) is 7.42. The Morgan fingerprint density at radius 1 is 1.10 bits per heavy atom. The van der Waals surface area contributed by atoms with Crippen LogP contribution >= 0.6 is 12.2 Å². The monoisotopic (exact) mass is 428 g/mol. The maximum Gasteiger partial charge on any atom is 0.266 e. The molecule has 0 unspecified atom stereocenters. The quantitative estimate of drug-likeness (QED) is 0.405. The molecule has 0 saturated heterocycles. The summed E-state index contributed by atoms with van der Waals surface area (Å²) in [6.45, 7) is 1.77. The van der Waals surface area contributed by atoms with Gasteiger partial charge in [-0.2, -0.15) is 0 Å². The Morgan fingerprint density at radius 3 is 2.71 bits per heavy atom. The lowest BCUT2D eigenvalue weighted by atomic mass is 10.1. The summed E-state index contributed by atoms with van der Waals surface area (Å²) < 4.78 is 7.15. The molecule has 2 N–H and O–H groups in total. The van der Waals surface area contributed by atoms with E-state index in [-0.39, 0.29) is 16.2 Å². The van der Waals surface area contributed by atoms with Gasteiger partial charge >= 0.3 is 0 Å². The van der Waals surface area contributed by atoms with Crippen LogP contribution in [0.1, 0.15) is 16.2 Å². The topological polar surface area (TPSA) is 92.9 Å². The lowest BCUT2D eigenvalue weighted by Gasteiger charge is -2.09. The summed E-state index contributed by atoms with van der Waals surface area (Å²) in [5.74, 6) is 0.248. The number of oxazole rings is 1. The molecule has 3 aromatic carbocycles. The van der Waals surface area contributed by atoms with Crippen LogP contribution in [0.3, 0.4) is 0 Å². The van der Waals surface area contributed by atoms with Crippen molar-refractivity contribution in [2.24, 2.45) is 0 Å². The van der Waals surface area contributed by atoms with Gasteiger partial charge in [-0.15, -0.1) is 0 Å². The lowest BCUT2D eigenvalue weighted by molar-refractivity contribution is 0.102. The van der Waals surface area contributed by atoms with Gasteiger partial charge in [-0.1, -0.05) is 18.2 Å². The van der Waals surface area contributed by atoms with E-state index in [0.29, 0.717) is 44.8 Å². The fourth-order valence-electron chi connectivity index (χ4n) is 3.49. The third kappa shape index (κ3) is 3.43. The van der Waals surface area contributed by atoms with Crippen molar-refractivity contribution in [3.05, 3.63) is 93.3 Å². The summed E-state index contributed by atoms with van der Waals surface area (Å²) in [7, 11) is 0. The predicted molar refractivity (Wildman–Crippen MR) is 121 cm³/mol. The summed E-state index contributed by atoms with van der Waals surface area (Å²) in [5.41, 5.74) is 3.24. The maximum absolute atomic E-state index is 13.0. The van der Waals surface area contributed by atoms with Crippen molar-refractivity contribution >= 4 is 45.8 Å². The van der Waals surface area contributed by atoms with Gasteiger partial charge in [0, 0.05) is 18.2 Å². The third-order valence-corrected chi connectivity index (χ3v) is 5.21. The number of amides is 1. The molecule has 0 aliphatic carbocycles. The second kappa shape index (κ2) is 7.33. The van der Waals surface area contributed by atoms with E-state index in [4.69, 9.17) is 16.6 Å². The number of para-hydroxylation sites is 1. The van der Waals surface area contributed by atoms with Gasteiger partial charge in [-0.25, -0.2) is 4.98 Å². The minimum absolute atomic E-state index is 0.247. The number of carbonyl (C=O) groups is 1. The van der Waals surface area contributed by atoms with E-state index >= 15 is 0 Å². The van der Waals surface area contributed by atoms with Gasteiger partial charge in [0.1, 0.15) is 5.52 Å². The molecule has 0 bridgehead atoms. The van der Waals surface area contributed by atoms with Crippen LogP contribution < -0.4 is 10.9 Å². The van der Waals surface area contributed by atoms with Crippen molar-refractivity contribution in [3.63, 3.8) is 0 Å². The lowest BCUT2D eigenvalue weighted by Crippen LogP contribution is -2.21. The average Bonchev–Trinajstić information content (AvgIpc) is 3.13. The Labute approximate surface area is 181 Å². The third-order valence-electron chi connectivity index (χ3n) is 4.93. The Kier molecular flexibility index (Phi) is 4.48. The van der Waals surface area contributed by atoms with Crippen LogP contribution in [-0.4, -0.2) is 20.4 Å². The van der Waals surface area contributed by atoms with E-state index in [0.717, 1.165) is 0 Å². The van der Waals surface area contributed by atoms with Crippen LogP contribution in [0.15, 0.2) is 75.9 Å². The van der Waals surface area contributed by atoms with Gasteiger partial charge in [0.15, 0.2) is 16.2 Å². The molecule has 0 atom stereocenters. The second-order valence-electron chi connectivity index (χ2n) is 7.04. The smallest absolute Gasteiger partial charge is 0.266 e. The average molecular weight is 428 g/mol. The van der Waals surface area contributed by atoms with Crippen LogP contribution in [-0.2, 0) is 0 Å². The number of aryl methyl sites for hydroxylation is 1. The summed E-state index contributed by atoms with van der Waals surface area (Å²) in [6, 6.07) is 19.3. The number of H-pyrrole nitrogens is 1. The zero-order chi connectivity index (χ0) is 21.5. The van der Waals surface area contributed by atoms with Gasteiger partial charge in [0.2, 0.25) is 0 Å². The van der Waals surface area contributed by atoms with Crippen molar-refractivity contribution in [1.82, 2.24) is 14.5 Å². The zero-order valence-electron chi connectivity index (χ0n) is 16.4.